The Morgan fingerprint density at radius 2 is 2.14 bits per heavy atom. The van der Waals surface area contributed by atoms with Crippen molar-refractivity contribution >= 4 is 17.0 Å². The van der Waals surface area contributed by atoms with Gasteiger partial charge >= 0.3 is 5.76 Å². The zero-order chi connectivity index (χ0) is 15.7. The molecule has 0 aliphatic carbocycles. The summed E-state index contributed by atoms with van der Waals surface area (Å²) in [7, 11) is 1.64. The van der Waals surface area contributed by atoms with Crippen molar-refractivity contribution in [2.45, 2.75) is 6.67 Å². The number of anilines is 1. The smallest absolute Gasteiger partial charge is 0.387 e. The number of aromatic nitrogens is 2. The lowest BCUT2D eigenvalue weighted by molar-refractivity contribution is 0.479. The molecule has 5 nitrogen and oxygen atoms in total. The molecule has 0 radical (unpaired) electrons. The van der Waals surface area contributed by atoms with E-state index in [2.05, 4.69) is 5.10 Å². The van der Waals surface area contributed by atoms with Crippen molar-refractivity contribution in [1.29, 1.82) is 0 Å². The van der Waals surface area contributed by atoms with Gasteiger partial charge in [-0.05, 0) is 23.6 Å². The summed E-state index contributed by atoms with van der Waals surface area (Å²) < 4.78 is 32.4. The molecule has 0 aliphatic heterocycles. The minimum Gasteiger partial charge on any atom is -0.387 e. The van der Waals surface area contributed by atoms with Crippen LogP contribution in [0.4, 0.5) is 14.5 Å². The average molecular weight is 323 g/mol. The third kappa shape index (κ3) is 2.77. The summed E-state index contributed by atoms with van der Waals surface area (Å²) >= 11 is 1.40. The van der Waals surface area contributed by atoms with Gasteiger partial charge in [-0.3, -0.25) is 0 Å². The minimum absolute atomic E-state index is 0.0543. The third-order valence-electron chi connectivity index (χ3n) is 3.03. The first-order valence-corrected chi connectivity index (χ1v) is 7.20. The number of benzene rings is 1. The number of rotatable bonds is 4. The van der Waals surface area contributed by atoms with E-state index in [0.29, 0.717) is 5.69 Å². The van der Waals surface area contributed by atoms with Gasteiger partial charge in [0.1, 0.15) is 6.67 Å². The first-order chi connectivity index (χ1) is 10.5. The van der Waals surface area contributed by atoms with Gasteiger partial charge in [-0.2, -0.15) is 4.68 Å². The molecule has 0 aliphatic rings. The predicted octanol–water partition coefficient (Wildman–Crippen LogP) is 2.94. The Morgan fingerprint density at radius 3 is 2.82 bits per heavy atom. The molecular weight excluding hydrogens is 312 g/mol. The molecular formula is C14H11F2N3O2S. The Morgan fingerprint density at radius 1 is 1.32 bits per heavy atom. The first kappa shape index (κ1) is 14.5. The quantitative estimate of drug-likeness (QED) is 0.741. The molecule has 8 heteroatoms. The van der Waals surface area contributed by atoms with Crippen molar-refractivity contribution in [3.05, 3.63) is 57.9 Å². The van der Waals surface area contributed by atoms with E-state index in [0.717, 1.165) is 21.7 Å². The van der Waals surface area contributed by atoms with Crippen LogP contribution < -0.4 is 10.7 Å². The monoisotopic (exact) mass is 323 g/mol. The summed E-state index contributed by atoms with van der Waals surface area (Å²) in [6.07, 6.45) is 0. The lowest BCUT2D eigenvalue weighted by atomic mass is 10.3. The molecule has 2 aromatic heterocycles. The van der Waals surface area contributed by atoms with Gasteiger partial charge in [0.05, 0.1) is 4.88 Å². The van der Waals surface area contributed by atoms with E-state index in [1.54, 1.807) is 18.0 Å². The maximum Gasteiger partial charge on any atom is 0.439 e. The van der Waals surface area contributed by atoms with Crippen molar-refractivity contribution in [3.8, 4) is 10.8 Å². The topological polar surface area (TPSA) is 51.3 Å². The lowest BCUT2D eigenvalue weighted by Gasteiger charge is -2.18. The van der Waals surface area contributed by atoms with Crippen LogP contribution in [0, 0.1) is 11.6 Å². The number of halogens is 2. The van der Waals surface area contributed by atoms with Crippen LogP contribution in [0.5, 0.6) is 0 Å². The van der Waals surface area contributed by atoms with E-state index in [9.17, 15) is 13.6 Å². The first-order valence-electron chi connectivity index (χ1n) is 6.32. The largest absolute Gasteiger partial charge is 0.439 e. The highest BCUT2D eigenvalue weighted by molar-refractivity contribution is 7.13. The number of hydrogen-bond acceptors (Lipinski definition) is 5. The summed E-state index contributed by atoms with van der Waals surface area (Å²) in [4.78, 5) is 14.1. The van der Waals surface area contributed by atoms with E-state index in [1.165, 1.54) is 17.4 Å². The van der Waals surface area contributed by atoms with Gasteiger partial charge in [-0.1, -0.05) is 6.07 Å². The van der Waals surface area contributed by atoms with E-state index >= 15 is 0 Å². The van der Waals surface area contributed by atoms with Gasteiger partial charge in [-0.25, -0.2) is 13.6 Å². The second-order valence-corrected chi connectivity index (χ2v) is 5.54. The Labute approximate surface area is 128 Å². The van der Waals surface area contributed by atoms with Gasteiger partial charge in [0, 0.05) is 18.8 Å². The predicted molar refractivity (Wildman–Crippen MR) is 78.8 cm³/mol. The van der Waals surface area contributed by atoms with Crippen LogP contribution in [0.1, 0.15) is 0 Å². The summed E-state index contributed by atoms with van der Waals surface area (Å²) in [6, 6.07) is 7.12. The van der Waals surface area contributed by atoms with E-state index in [4.69, 9.17) is 4.42 Å². The highest BCUT2D eigenvalue weighted by Crippen LogP contribution is 2.21. The molecule has 0 fully saturated rings. The Hall–Kier alpha value is -2.48. The number of nitrogens with zero attached hydrogens (tertiary/aromatic N) is 3. The van der Waals surface area contributed by atoms with Crippen LogP contribution in [0.2, 0.25) is 0 Å². The standard InChI is InChI=1S/C14H11F2N3O2S/c1-18(9-4-5-10(15)11(16)7-9)8-19-14(20)21-13(17-19)12-3-2-6-22-12/h2-7H,8H2,1H3. The second-order valence-electron chi connectivity index (χ2n) is 4.59. The molecule has 0 unspecified atom stereocenters. The normalized spacial score (nSPS) is 10.9. The Kier molecular flexibility index (Phi) is 3.76. The zero-order valence-corrected chi connectivity index (χ0v) is 12.3. The van der Waals surface area contributed by atoms with Crippen LogP contribution in [-0.4, -0.2) is 16.8 Å². The van der Waals surface area contributed by atoms with Crippen LogP contribution in [-0.2, 0) is 6.67 Å². The highest BCUT2D eigenvalue weighted by Gasteiger charge is 2.13. The van der Waals surface area contributed by atoms with Crippen LogP contribution in [0.15, 0.2) is 44.9 Å². The molecule has 3 aromatic rings. The Balaban J connectivity index is 1.83. The zero-order valence-electron chi connectivity index (χ0n) is 11.5. The number of thiophene rings is 1. The molecule has 2 heterocycles. The summed E-state index contributed by atoms with van der Waals surface area (Å²) in [6.45, 7) is 0.0543. The molecule has 0 saturated carbocycles. The molecule has 22 heavy (non-hydrogen) atoms. The van der Waals surface area contributed by atoms with Crippen LogP contribution in [0.25, 0.3) is 10.8 Å². The van der Waals surface area contributed by atoms with Crippen LogP contribution >= 0.6 is 11.3 Å². The van der Waals surface area contributed by atoms with Crippen LogP contribution in [0.3, 0.4) is 0 Å². The van der Waals surface area contributed by atoms with Gasteiger partial charge in [0.15, 0.2) is 11.6 Å². The maximum atomic E-state index is 13.2. The van der Waals surface area contributed by atoms with Crippen molar-refractivity contribution < 1.29 is 13.2 Å². The maximum absolute atomic E-state index is 13.2. The Bertz CT molecular complexity index is 842. The van der Waals surface area contributed by atoms with E-state index in [-0.39, 0.29) is 12.6 Å². The fourth-order valence-electron chi connectivity index (χ4n) is 1.90. The number of hydrogen-bond donors (Lipinski definition) is 0. The molecule has 0 amide bonds. The molecule has 0 bridgehead atoms. The fraction of sp³-hybridized carbons (Fsp3) is 0.143. The lowest BCUT2D eigenvalue weighted by Crippen LogP contribution is -2.28. The highest BCUT2D eigenvalue weighted by atomic mass is 32.1. The van der Waals surface area contributed by atoms with Gasteiger partial charge in [0.25, 0.3) is 5.89 Å². The molecule has 114 valence electrons. The molecule has 0 atom stereocenters. The molecule has 0 saturated heterocycles. The minimum atomic E-state index is -0.948. The molecule has 1 aromatic carbocycles. The van der Waals surface area contributed by atoms with Crippen molar-refractivity contribution in [1.82, 2.24) is 9.78 Å². The van der Waals surface area contributed by atoms with E-state index < -0.39 is 17.4 Å². The van der Waals surface area contributed by atoms with E-state index in [1.807, 2.05) is 11.4 Å². The summed E-state index contributed by atoms with van der Waals surface area (Å²) in [5.74, 6) is -2.25. The average Bonchev–Trinajstić information content (AvgIpc) is 3.12. The second kappa shape index (κ2) is 5.72. The van der Waals surface area contributed by atoms with Crippen molar-refractivity contribution in [2.75, 3.05) is 11.9 Å². The summed E-state index contributed by atoms with van der Waals surface area (Å²) in [5.41, 5.74) is 0.423. The summed E-state index contributed by atoms with van der Waals surface area (Å²) in [5, 5.41) is 5.95. The van der Waals surface area contributed by atoms with Gasteiger partial charge in [0.2, 0.25) is 0 Å². The molecule has 0 N–H and O–H groups in total. The fourth-order valence-corrected chi connectivity index (χ4v) is 2.54. The van der Waals surface area contributed by atoms with Gasteiger partial charge < -0.3 is 9.32 Å². The SMILES string of the molecule is CN(Cn1nc(-c2cccs2)oc1=O)c1ccc(F)c(F)c1. The third-order valence-corrected chi connectivity index (χ3v) is 3.89. The van der Waals surface area contributed by atoms with Gasteiger partial charge in [-0.15, -0.1) is 16.4 Å². The van der Waals surface area contributed by atoms with Crippen molar-refractivity contribution in [2.24, 2.45) is 0 Å². The van der Waals surface area contributed by atoms with Crippen molar-refractivity contribution in [3.63, 3.8) is 0 Å². The molecule has 0 spiro atoms. The molecule has 3 rings (SSSR count).